The van der Waals surface area contributed by atoms with Gasteiger partial charge >= 0.3 is 0 Å². The maximum atomic E-state index is 5.12. The van der Waals surface area contributed by atoms with Crippen molar-refractivity contribution in [3.05, 3.63) is 60.0 Å². The number of anilines is 2. The molecule has 2 N–H and O–H groups in total. The van der Waals surface area contributed by atoms with Crippen molar-refractivity contribution in [2.24, 2.45) is 7.05 Å². The number of pyridine rings is 2. The van der Waals surface area contributed by atoms with E-state index in [4.69, 9.17) is 9.97 Å². The first-order chi connectivity index (χ1) is 16.2. The number of aromatic nitrogens is 4. The molecule has 33 heavy (non-hydrogen) atoms. The van der Waals surface area contributed by atoms with Crippen molar-refractivity contribution in [1.29, 1.82) is 0 Å². The van der Waals surface area contributed by atoms with Gasteiger partial charge in [-0.15, -0.1) is 0 Å². The largest absolute Gasteiger partial charge is 0.388 e. The van der Waals surface area contributed by atoms with Crippen LogP contribution in [0.15, 0.2) is 58.8 Å². The van der Waals surface area contributed by atoms with E-state index in [2.05, 4.69) is 49.4 Å². The van der Waals surface area contributed by atoms with E-state index < -0.39 is 0 Å². The zero-order valence-corrected chi connectivity index (χ0v) is 19.6. The van der Waals surface area contributed by atoms with Crippen molar-refractivity contribution in [1.82, 2.24) is 20.3 Å². The molecule has 2 aliphatic rings. The highest BCUT2D eigenvalue weighted by Crippen LogP contribution is 2.45. The summed E-state index contributed by atoms with van der Waals surface area (Å²) in [6.07, 6.45) is 4.78. The number of rotatable bonds is 4. The molecule has 0 unspecified atom stereocenters. The Bertz CT molecular complexity index is 1360. The van der Waals surface area contributed by atoms with Gasteiger partial charge in [0, 0.05) is 74.1 Å². The quantitative estimate of drug-likeness (QED) is 0.318. The van der Waals surface area contributed by atoms with Crippen molar-refractivity contribution in [2.75, 3.05) is 43.4 Å². The van der Waals surface area contributed by atoms with Crippen LogP contribution in [0.1, 0.15) is 11.3 Å². The van der Waals surface area contributed by atoms with Gasteiger partial charge in [-0.25, -0.2) is 15.0 Å². The van der Waals surface area contributed by atoms with Crippen LogP contribution in [0, 0.1) is 0 Å². The molecule has 6 rings (SSSR count). The molecule has 1 aromatic carbocycles. The minimum Gasteiger partial charge on any atom is -0.388 e. The lowest BCUT2D eigenvalue weighted by atomic mass is 10.0. The topological polar surface area (TPSA) is 69.9 Å². The van der Waals surface area contributed by atoms with Gasteiger partial charge in [0.1, 0.15) is 18.4 Å². The maximum Gasteiger partial charge on any atom is 0.232 e. The number of hydrogen-bond donors (Lipinski definition) is 2. The summed E-state index contributed by atoms with van der Waals surface area (Å²) < 4.78 is 2.10. The van der Waals surface area contributed by atoms with Crippen molar-refractivity contribution in [2.45, 2.75) is 16.5 Å². The van der Waals surface area contributed by atoms with E-state index in [1.807, 2.05) is 38.6 Å². The summed E-state index contributed by atoms with van der Waals surface area (Å²) in [7, 11) is 4.03. The van der Waals surface area contributed by atoms with Crippen molar-refractivity contribution in [3.8, 4) is 11.1 Å². The third-order valence-electron chi connectivity index (χ3n) is 6.44. The van der Waals surface area contributed by atoms with Crippen molar-refractivity contribution in [3.63, 3.8) is 0 Å². The summed E-state index contributed by atoms with van der Waals surface area (Å²) in [5.74, 6) is 1.05. The van der Waals surface area contributed by atoms with Crippen LogP contribution in [0.5, 0.6) is 0 Å². The van der Waals surface area contributed by atoms with Gasteiger partial charge in [-0.3, -0.25) is 0 Å². The van der Waals surface area contributed by atoms with Gasteiger partial charge in [0.05, 0.1) is 5.69 Å². The Labute approximate surface area is 197 Å². The molecule has 8 heteroatoms. The summed E-state index contributed by atoms with van der Waals surface area (Å²) in [6.45, 7) is 3.83. The fourth-order valence-corrected chi connectivity index (χ4v) is 5.58. The highest BCUT2D eigenvalue weighted by atomic mass is 32.2. The first-order valence-corrected chi connectivity index (χ1v) is 12.1. The molecule has 4 heterocycles. The Balaban J connectivity index is 1.45. The predicted octanol–water partition coefficient (Wildman–Crippen LogP) is 3.02. The molecule has 0 atom stereocenters. The van der Waals surface area contributed by atoms with E-state index in [9.17, 15) is 0 Å². The van der Waals surface area contributed by atoms with Crippen LogP contribution < -0.4 is 20.1 Å². The molecule has 1 aliphatic carbocycles. The number of nitrogens with one attached hydrogen (secondary N) is 2. The number of benzene rings is 1. The maximum absolute atomic E-state index is 5.12. The third kappa shape index (κ3) is 3.59. The van der Waals surface area contributed by atoms with Crippen molar-refractivity contribution < 1.29 is 4.57 Å². The van der Waals surface area contributed by atoms with Crippen LogP contribution in [0.4, 0.5) is 11.5 Å². The zero-order chi connectivity index (χ0) is 22.4. The summed E-state index contributed by atoms with van der Waals surface area (Å²) >= 11 is 1.59. The molecule has 1 saturated heterocycles. The Kier molecular flexibility index (Phi) is 5.11. The molecule has 3 aromatic heterocycles. The van der Waals surface area contributed by atoms with Crippen LogP contribution in [0.2, 0.25) is 0 Å². The number of hydrogen-bond acceptors (Lipinski definition) is 7. The zero-order valence-electron chi connectivity index (χ0n) is 18.8. The van der Waals surface area contributed by atoms with Gasteiger partial charge in [0.25, 0.3) is 0 Å². The average molecular weight is 457 g/mol. The van der Waals surface area contributed by atoms with E-state index >= 15 is 0 Å². The second-order valence-corrected chi connectivity index (χ2v) is 9.48. The Morgan fingerprint density at radius 2 is 2.00 bits per heavy atom. The number of fused-ring (bicyclic) bond motifs is 4. The monoisotopic (exact) mass is 456 g/mol. The normalized spacial score (nSPS) is 14.9. The summed E-state index contributed by atoms with van der Waals surface area (Å²) in [4.78, 5) is 18.3. The molecule has 0 saturated carbocycles. The molecule has 0 amide bonds. The van der Waals surface area contributed by atoms with Gasteiger partial charge in [-0.1, -0.05) is 12.1 Å². The summed E-state index contributed by atoms with van der Waals surface area (Å²) in [5.41, 5.74) is 8.10. The first-order valence-electron chi connectivity index (χ1n) is 11.3. The predicted molar refractivity (Wildman–Crippen MR) is 132 cm³/mol. The van der Waals surface area contributed by atoms with E-state index in [0.29, 0.717) is 0 Å². The SMILES string of the molecule is CNc1cccc2c1Cc1nc(Sc3cnc4ccc[n+](C)c4c3)nc(N3CCNCC3)c1-2. The van der Waals surface area contributed by atoms with Gasteiger partial charge < -0.3 is 15.5 Å². The Morgan fingerprint density at radius 1 is 1.12 bits per heavy atom. The van der Waals surface area contributed by atoms with Gasteiger partial charge in [-0.05, 0) is 35.0 Å². The van der Waals surface area contributed by atoms with Crippen LogP contribution in [0.25, 0.3) is 22.2 Å². The first kappa shape index (κ1) is 20.4. The van der Waals surface area contributed by atoms with E-state index in [1.54, 1.807) is 11.8 Å². The van der Waals surface area contributed by atoms with E-state index in [1.165, 1.54) is 16.7 Å². The number of piperazine rings is 1. The second kappa shape index (κ2) is 8.28. The third-order valence-corrected chi connectivity index (χ3v) is 7.27. The number of nitrogens with zero attached hydrogens (tertiary/aromatic N) is 5. The Hall–Kier alpha value is -3.23. The molecule has 0 bridgehead atoms. The average Bonchev–Trinajstić information content (AvgIpc) is 3.23. The molecule has 0 spiro atoms. The minimum atomic E-state index is 0.779. The lowest BCUT2D eigenvalue weighted by molar-refractivity contribution is -0.645. The smallest absolute Gasteiger partial charge is 0.232 e. The highest BCUT2D eigenvalue weighted by molar-refractivity contribution is 7.99. The van der Waals surface area contributed by atoms with Crippen LogP contribution in [0.3, 0.4) is 0 Å². The van der Waals surface area contributed by atoms with E-state index in [0.717, 1.165) is 70.9 Å². The summed E-state index contributed by atoms with van der Waals surface area (Å²) in [5, 5.41) is 7.58. The van der Waals surface area contributed by atoms with Crippen LogP contribution in [-0.4, -0.2) is 48.2 Å². The Morgan fingerprint density at radius 3 is 2.85 bits per heavy atom. The fraction of sp³-hybridized carbons (Fsp3) is 0.280. The summed E-state index contributed by atoms with van der Waals surface area (Å²) in [6, 6.07) is 12.7. The number of aryl methyl sites for hydroxylation is 1. The van der Waals surface area contributed by atoms with Crippen LogP contribution in [-0.2, 0) is 13.5 Å². The molecule has 0 radical (unpaired) electrons. The van der Waals surface area contributed by atoms with Crippen LogP contribution >= 0.6 is 11.8 Å². The molecule has 1 fully saturated rings. The van der Waals surface area contributed by atoms with Gasteiger partial charge in [-0.2, -0.15) is 4.57 Å². The van der Waals surface area contributed by atoms with E-state index in [-0.39, 0.29) is 0 Å². The standard InChI is InChI=1S/C25H26N7S/c1-26-19-6-3-5-17-18(19)14-21-23(17)24(32-11-8-27-9-12-32)30-25(29-21)33-16-13-22-20(28-15-16)7-4-10-31(22)2/h3-7,10,13,15,26-27H,8-9,11-12,14H2,1-2H3/q+1. The minimum absolute atomic E-state index is 0.779. The van der Waals surface area contributed by atoms with Gasteiger partial charge in [0.15, 0.2) is 11.4 Å². The molecule has 4 aromatic rings. The highest BCUT2D eigenvalue weighted by Gasteiger charge is 2.30. The van der Waals surface area contributed by atoms with Crippen molar-refractivity contribution >= 4 is 34.3 Å². The lowest BCUT2D eigenvalue weighted by Gasteiger charge is -2.30. The lowest BCUT2D eigenvalue weighted by Crippen LogP contribution is -2.44. The molecule has 7 nitrogen and oxygen atoms in total. The fourth-order valence-electron chi connectivity index (χ4n) is 4.80. The molecular formula is C25H26N7S+. The van der Waals surface area contributed by atoms with Gasteiger partial charge in [0.2, 0.25) is 5.52 Å². The molecule has 1 aliphatic heterocycles. The molecule has 166 valence electrons. The second-order valence-electron chi connectivity index (χ2n) is 8.44. The molecular weight excluding hydrogens is 430 g/mol.